The Hall–Kier alpha value is -1.58. The van der Waals surface area contributed by atoms with Gasteiger partial charge >= 0.3 is 0 Å². The smallest absolute Gasteiger partial charge is 0.269 e. The summed E-state index contributed by atoms with van der Waals surface area (Å²) in [5, 5.41) is 10.4. The summed E-state index contributed by atoms with van der Waals surface area (Å²) < 4.78 is 43.1. The van der Waals surface area contributed by atoms with E-state index in [1.54, 1.807) is 0 Å². The third-order valence-corrected chi connectivity index (χ3v) is 1.32. The second-order valence-corrected chi connectivity index (χ2v) is 2.11. The summed E-state index contributed by atoms with van der Waals surface area (Å²) in [4.78, 5) is 10.1. The Morgan fingerprint density at radius 2 is 2.00 bits per heavy atom. The van der Waals surface area contributed by atoms with Gasteiger partial charge in [-0.1, -0.05) is 0 Å². The van der Waals surface area contributed by atoms with Crippen LogP contribution in [-0.4, -0.2) is 18.9 Å². The zero-order valence-electron chi connectivity index (χ0n) is 12.0. The fourth-order valence-electron chi connectivity index (χ4n) is 0.723. The molecule has 64 valence electrons. The van der Waals surface area contributed by atoms with Crippen molar-refractivity contribution in [2.75, 3.05) is 18.9 Å². The van der Waals surface area contributed by atoms with Crippen LogP contribution in [0.5, 0.6) is 0 Å². The first-order chi connectivity index (χ1) is 8.03. The van der Waals surface area contributed by atoms with Gasteiger partial charge < -0.3 is 4.90 Å². The zero-order valence-corrected chi connectivity index (χ0v) is 6.02. The van der Waals surface area contributed by atoms with Crippen LogP contribution in [0.3, 0.4) is 0 Å². The first kappa shape index (κ1) is 3.43. The summed E-state index contributed by atoms with van der Waals surface area (Å²) in [5.74, 6) is 0. The fourth-order valence-corrected chi connectivity index (χ4v) is 0.723. The molecule has 1 aromatic carbocycles. The highest BCUT2D eigenvalue weighted by molar-refractivity contribution is 5.49. The van der Waals surface area contributed by atoms with Crippen LogP contribution in [0.2, 0.25) is 0 Å². The van der Waals surface area contributed by atoms with Crippen LogP contribution in [0.15, 0.2) is 24.3 Å². The summed E-state index contributed by atoms with van der Waals surface area (Å²) in [7, 11) is 0. The molecule has 0 aromatic heterocycles. The normalized spacial score (nSPS) is 19.0. The van der Waals surface area contributed by atoms with Crippen molar-refractivity contribution in [2.45, 2.75) is 0 Å². The molecule has 0 bridgehead atoms. The molecule has 12 heavy (non-hydrogen) atoms. The van der Waals surface area contributed by atoms with E-state index in [4.69, 9.17) is 8.22 Å². The lowest BCUT2D eigenvalue weighted by atomic mass is 10.3. The molecule has 0 saturated heterocycles. The Morgan fingerprint density at radius 3 is 2.42 bits per heavy atom. The van der Waals surface area contributed by atoms with E-state index in [2.05, 4.69) is 0 Å². The maximum atomic E-state index is 10.4. The largest absolute Gasteiger partial charge is 0.378 e. The minimum atomic E-state index is -2.86. The van der Waals surface area contributed by atoms with E-state index in [9.17, 15) is 10.1 Å². The van der Waals surface area contributed by atoms with E-state index in [0.29, 0.717) is 0 Å². The quantitative estimate of drug-likeness (QED) is 0.503. The van der Waals surface area contributed by atoms with Crippen molar-refractivity contribution in [1.82, 2.24) is 0 Å². The van der Waals surface area contributed by atoms with Gasteiger partial charge in [0.2, 0.25) is 0 Å². The summed E-state index contributed by atoms with van der Waals surface area (Å²) in [6, 6.07) is 4.30. The summed E-state index contributed by atoms with van der Waals surface area (Å²) in [6.45, 7) is -5.72. The molecule has 0 aliphatic heterocycles. The van der Waals surface area contributed by atoms with E-state index in [-0.39, 0.29) is 16.3 Å². The summed E-state index contributed by atoms with van der Waals surface area (Å²) >= 11 is 0. The van der Waals surface area contributed by atoms with Gasteiger partial charge in [0.25, 0.3) is 5.69 Å². The Bertz CT molecular complexity index is 424. The average Bonchev–Trinajstić information content (AvgIpc) is 2.13. The third kappa shape index (κ3) is 1.72. The standard InChI is InChI=1S/C8H10N2O2/c1-9(2)7-3-5-8(6-4-7)10(11)12/h3-6H,1-2H3/i1D3,2D3. The first-order valence-corrected chi connectivity index (χ1v) is 3.08. The molecule has 1 rings (SSSR count). The molecule has 0 heterocycles. The van der Waals surface area contributed by atoms with Gasteiger partial charge in [-0.25, -0.2) is 0 Å². The molecule has 4 nitrogen and oxygen atoms in total. The van der Waals surface area contributed by atoms with Crippen molar-refractivity contribution in [2.24, 2.45) is 0 Å². The number of hydrogen-bond donors (Lipinski definition) is 0. The van der Waals surface area contributed by atoms with Crippen LogP contribution in [0, 0.1) is 10.1 Å². The number of non-ortho nitro benzene ring substituents is 1. The van der Waals surface area contributed by atoms with E-state index < -0.39 is 18.9 Å². The Balaban J connectivity index is 3.20. The minimum Gasteiger partial charge on any atom is -0.378 e. The number of rotatable bonds is 2. The molecule has 0 spiro atoms. The molecular weight excluding hydrogens is 156 g/mol. The van der Waals surface area contributed by atoms with Gasteiger partial charge in [0.15, 0.2) is 0 Å². The monoisotopic (exact) mass is 172 g/mol. The lowest BCUT2D eigenvalue weighted by molar-refractivity contribution is -0.384. The maximum absolute atomic E-state index is 10.4. The molecule has 0 amide bonds. The van der Waals surface area contributed by atoms with Gasteiger partial charge in [-0.15, -0.1) is 0 Å². The van der Waals surface area contributed by atoms with Crippen molar-refractivity contribution < 1.29 is 13.1 Å². The molecule has 0 N–H and O–H groups in total. The highest BCUT2D eigenvalue weighted by Crippen LogP contribution is 2.16. The Kier molecular flexibility index (Phi) is 0.918. The van der Waals surface area contributed by atoms with E-state index in [1.807, 2.05) is 0 Å². The molecule has 0 radical (unpaired) electrons. The number of benzene rings is 1. The lowest BCUT2D eigenvalue weighted by Crippen LogP contribution is -2.08. The topological polar surface area (TPSA) is 46.4 Å². The van der Waals surface area contributed by atoms with Crippen LogP contribution in [-0.2, 0) is 0 Å². The van der Waals surface area contributed by atoms with Crippen LogP contribution in [0.1, 0.15) is 8.22 Å². The number of anilines is 1. The average molecular weight is 172 g/mol. The SMILES string of the molecule is [2H]C([2H])([2H])N(c1ccc([N+](=O)[O-])cc1)C([2H])([2H])[2H]. The molecule has 4 heteroatoms. The van der Waals surface area contributed by atoms with E-state index >= 15 is 0 Å². The minimum absolute atomic E-state index is 0.124. The fraction of sp³-hybridized carbons (Fsp3) is 0.250. The van der Waals surface area contributed by atoms with Crippen molar-refractivity contribution in [3.8, 4) is 0 Å². The molecule has 0 unspecified atom stereocenters. The molecule has 1 aromatic rings. The molecule has 0 aliphatic carbocycles. The molecule has 0 atom stereocenters. The number of nitro groups is 1. The van der Waals surface area contributed by atoms with Crippen LogP contribution < -0.4 is 4.90 Å². The van der Waals surface area contributed by atoms with Crippen molar-refractivity contribution in [3.63, 3.8) is 0 Å². The van der Waals surface area contributed by atoms with Gasteiger partial charge in [-0.2, -0.15) is 0 Å². The number of nitrogens with zero attached hydrogens (tertiary/aromatic N) is 2. The summed E-state index contributed by atoms with van der Waals surface area (Å²) in [6.07, 6.45) is 0. The second kappa shape index (κ2) is 3.21. The molecule has 0 aliphatic rings. The molecular formula is C8H10N2O2. The third-order valence-electron chi connectivity index (χ3n) is 1.32. The molecule has 0 fully saturated rings. The highest BCUT2D eigenvalue weighted by Gasteiger charge is 2.03. The van der Waals surface area contributed by atoms with Gasteiger partial charge in [0.05, 0.1) is 4.92 Å². The Morgan fingerprint density at radius 1 is 1.42 bits per heavy atom. The summed E-state index contributed by atoms with van der Waals surface area (Å²) in [5.41, 5.74) is -0.365. The maximum Gasteiger partial charge on any atom is 0.269 e. The van der Waals surface area contributed by atoms with E-state index in [1.165, 1.54) is 0 Å². The van der Waals surface area contributed by atoms with Crippen LogP contribution in [0.4, 0.5) is 11.4 Å². The highest BCUT2D eigenvalue weighted by atomic mass is 16.6. The second-order valence-electron chi connectivity index (χ2n) is 2.11. The molecule has 0 saturated carbocycles. The van der Waals surface area contributed by atoms with Crippen LogP contribution in [0.25, 0.3) is 0 Å². The van der Waals surface area contributed by atoms with Crippen molar-refractivity contribution in [3.05, 3.63) is 34.4 Å². The van der Waals surface area contributed by atoms with Crippen LogP contribution >= 0.6 is 0 Å². The zero-order chi connectivity index (χ0) is 14.1. The van der Waals surface area contributed by atoms with Gasteiger partial charge in [-0.05, 0) is 12.1 Å². The number of hydrogen-bond acceptors (Lipinski definition) is 3. The Labute approximate surface area is 79.0 Å². The predicted molar refractivity (Wildman–Crippen MR) is 47.4 cm³/mol. The van der Waals surface area contributed by atoms with Gasteiger partial charge in [-0.3, -0.25) is 10.1 Å². The number of nitro benzene ring substituents is 1. The first-order valence-electron chi connectivity index (χ1n) is 6.08. The predicted octanol–water partition coefficient (Wildman–Crippen LogP) is 1.66. The van der Waals surface area contributed by atoms with Crippen molar-refractivity contribution >= 4 is 11.4 Å². The van der Waals surface area contributed by atoms with Crippen molar-refractivity contribution in [1.29, 1.82) is 0 Å². The lowest BCUT2D eigenvalue weighted by Gasteiger charge is -2.10. The van der Waals surface area contributed by atoms with Gasteiger partial charge in [0, 0.05) is 40.0 Å². The van der Waals surface area contributed by atoms with Gasteiger partial charge in [0.1, 0.15) is 0 Å². The van der Waals surface area contributed by atoms with E-state index in [0.717, 1.165) is 24.3 Å².